The van der Waals surface area contributed by atoms with Gasteiger partial charge in [-0.05, 0) is 30.7 Å². The second-order valence-corrected chi connectivity index (χ2v) is 5.80. The molecule has 1 aromatic carbocycles. The summed E-state index contributed by atoms with van der Waals surface area (Å²) in [5, 5.41) is 8.65. The van der Waals surface area contributed by atoms with Crippen molar-refractivity contribution in [1.29, 1.82) is 0 Å². The summed E-state index contributed by atoms with van der Waals surface area (Å²) in [5.41, 5.74) is 1.99. The van der Waals surface area contributed by atoms with Gasteiger partial charge in [0.15, 0.2) is 0 Å². The standard InChI is InChI=1S/C13H17NO4S/c1-11-8-12(4-3-5-15)10-13(9-11)14-19(16,17)7-6-18-2/h8-10,14-15H,5-7H2,1-2H3. The first-order chi connectivity index (χ1) is 8.96. The van der Waals surface area contributed by atoms with Gasteiger partial charge in [-0.25, -0.2) is 8.42 Å². The fraction of sp³-hybridized carbons (Fsp3) is 0.385. The Morgan fingerprint density at radius 2 is 2.11 bits per heavy atom. The number of anilines is 1. The molecule has 2 N–H and O–H groups in total. The smallest absolute Gasteiger partial charge is 0.235 e. The van der Waals surface area contributed by atoms with Gasteiger partial charge in [-0.2, -0.15) is 0 Å². The summed E-state index contributed by atoms with van der Waals surface area (Å²) >= 11 is 0. The lowest BCUT2D eigenvalue weighted by Gasteiger charge is -2.09. The van der Waals surface area contributed by atoms with Crippen LogP contribution in [0.25, 0.3) is 0 Å². The third kappa shape index (κ3) is 5.75. The Kier molecular flexibility index (Phi) is 5.83. The van der Waals surface area contributed by atoms with Gasteiger partial charge < -0.3 is 9.84 Å². The Hall–Kier alpha value is -1.55. The van der Waals surface area contributed by atoms with Gasteiger partial charge in [-0.3, -0.25) is 4.72 Å². The van der Waals surface area contributed by atoms with E-state index < -0.39 is 10.0 Å². The molecule has 0 aliphatic rings. The minimum Gasteiger partial charge on any atom is -0.384 e. The van der Waals surface area contributed by atoms with Crippen molar-refractivity contribution in [3.8, 4) is 11.8 Å². The van der Waals surface area contributed by atoms with Crippen LogP contribution in [0.1, 0.15) is 11.1 Å². The van der Waals surface area contributed by atoms with E-state index in [1.807, 2.05) is 13.0 Å². The molecular formula is C13H17NO4S. The van der Waals surface area contributed by atoms with Gasteiger partial charge in [0, 0.05) is 18.4 Å². The summed E-state index contributed by atoms with van der Waals surface area (Å²) in [4.78, 5) is 0. The average molecular weight is 283 g/mol. The van der Waals surface area contributed by atoms with Crippen molar-refractivity contribution in [2.75, 3.05) is 30.8 Å². The number of aliphatic hydroxyl groups is 1. The monoisotopic (exact) mass is 283 g/mol. The molecule has 0 atom stereocenters. The minimum absolute atomic E-state index is 0.102. The first-order valence-corrected chi connectivity index (χ1v) is 7.33. The summed E-state index contributed by atoms with van der Waals surface area (Å²) in [6.45, 7) is 1.75. The van der Waals surface area contributed by atoms with Gasteiger partial charge in [0.2, 0.25) is 10.0 Å². The number of benzene rings is 1. The van der Waals surface area contributed by atoms with Crippen molar-refractivity contribution in [3.05, 3.63) is 29.3 Å². The van der Waals surface area contributed by atoms with Crippen LogP contribution >= 0.6 is 0 Å². The fourth-order valence-electron chi connectivity index (χ4n) is 1.48. The van der Waals surface area contributed by atoms with Crippen LogP contribution in [0.3, 0.4) is 0 Å². The maximum absolute atomic E-state index is 11.7. The third-order valence-electron chi connectivity index (χ3n) is 2.22. The molecule has 104 valence electrons. The number of nitrogens with one attached hydrogen (secondary N) is 1. The molecule has 0 saturated carbocycles. The first-order valence-electron chi connectivity index (χ1n) is 5.67. The molecule has 0 spiro atoms. The van der Waals surface area contributed by atoms with Gasteiger partial charge in [-0.1, -0.05) is 11.8 Å². The highest BCUT2D eigenvalue weighted by Crippen LogP contribution is 2.15. The molecule has 0 amide bonds. The second kappa shape index (κ2) is 7.14. The van der Waals surface area contributed by atoms with E-state index in [1.165, 1.54) is 7.11 Å². The normalized spacial score (nSPS) is 10.7. The van der Waals surface area contributed by atoms with E-state index >= 15 is 0 Å². The maximum Gasteiger partial charge on any atom is 0.235 e. The van der Waals surface area contributed by atoms with Crippen molar-refractivity contribution in [2.45, 2.75) is 6.92 Å². The zero-order chi connectivity index (χ0) is 14.3. The van der Waals surface area contributed by atoms with Gasteiger partial charge >= 0.3 is 0 Å². The molecule has 0 bridgehead atoms. The van der Waals surface area contributed by atoms with Crippen LogP contribution in [0, 0.1) is 18.8 Å². The Bertz CT molecular complexity index is 584. The highest BCUT2D eigenvalue weighted by atomic mass is 32.2. The molecule has 19 heavy (non-hydrogen) atoms. The summed E-state index contributed by atoms with van der Waals surface area (Å²) < 4.78 is 30.7. The number of ether oxygens (including phenoxy) is 1. The Morgan fingerprint density at radius 1 is 1.37 bits per heavy atom. The van der Waals surface area contributed by atoms with Crippen LogP contribution < -0.4 is 4.72 Å². The van der Waals surface area contributed by atoms with Gasteiger partial charge in [-0.15, -0.1) is 0 Å². The molecule has 6 heteroatoms. The zero-order valence-corrected chi connectivity index (χ0v) is 11.8. The Morgan fingerprint density at radius 3 is 2.74 bits per heavy atom. The lowest BCUT2D eigenvalue weighted by atomic mass is 10.1. The molecule has 0 radical (unpaired) electrons. The molecule has 0 fully saturated rings. The fourth-order valence-corrected chi connectivity index (χ4v) is 2.44. The number of aryl methyl sites for hydroxylation is 1. The molecule has 5 nitrogen and oxygen atoms in total. The molecule has 1 aromatic rings. The lowest BCUT2D eigenvalue weighted by molar-refractivity contribution is 0.217. The molecule has 0 saturated heterocycles. The number of hydrogen-bond donors (Lipinski definition) is 2. The topological polar surface area (TPSA) is 75.6 Å². The molecule has 0 heterocycles. The van der Waals surface area contributed by atoms with Crippen LogP contribution in [-0.4, -0.2) is 39.6 Å². The summed E-state index contributed by atoms with van der Waals surface area (Å²) in [6.07, 6.45) is 0. The molecule has 0 aromatic heterocycles. The van der Waals surface area contributed by atoms with E-state index in [1.54, 1.807) is 12.1 Å². The molecule has 0 unspecified atom stereocenters. The van der Waals surface area contributed by atoms with Gasteiger partial charge in [0.25, 0.3) is 0 Å². The van der Waals surface area contributed by atoms with E-state index in [0.29, 0.717) is 11.3 Å². The summed E-state index contributed by atoms with van der Waals surface area (Å²) in [5.74, 6) is 5.17. The third-order valence-corrected chi connectivity index (χ3v) is 3.47. The highest BCUT2D eigenvalue weighted by molar-refractivity contribution is 7.92. The SMILES string of the molecule is COCCS(=O)(=O)Nc1cc(C)cc(C#CCO)c1. The largest absolute Gasteiger partial charge is 0.384 e. The number of hydrogen-bond acceptors (Lipinski definition) is 4. The van der Waals surface area contributed by atoms with Crippen LogP contribution in [0.5, 0.6) is 0 Å². The van der Waals surface area contributed by atoms with Crippen molar-refractivity contribution in [1.82, 2.24) is 0 Å². The van der Waals surface area contributed by atoms with Crippen LogP contribution in [0.2, 0.25) is 0 Å². The Labute approximate surface area is 113 Å². The maximum atomic E-state index is 11.7. The lowest BCUT2D eigenvalue weighted by Crippen LogP contribution is -2.19. The van der Waals surface area contributed by atoms with E-state index in [0.717, 1.165) is 5.56 Å². The van der Waals surface area contributed by atoms with Crippen molar-refractivity contribution in [3.63, 3.8) is 0 Å². The quantitative estimate of drug-likeness (QED) is 0.781. The summed E-state index contributed by atoms with van der Waals surface area (Å²) in [7, 11) is -1.97. The van der Waals surface area contributed by atoms with Crippen LogP contribution in [-0.2, 0) is 14.8 Å². The molecular weight excluding hydrogens is 266 g/mol. The second-order valence-electron chi connectivity index (χ2n) is 3.96. The van der Waals surface area contributed by atoms with Gasteiger partial charge in [0.1, 0.15) is 6.61 Å². The average Bonchev–Trinajstić information content (AvgIpc) is 2.32. The van der Waals surface area contributed by atoms with Crippen LogP contribution in [0.15, 0.2) is 18.2 Å². The molecule has 0 aliphatic heterocycles. The predicted octanol–water partition coefficient (Wildman–Crippen LogP) is 0.727. The van der Waals surface area contributed by atoms with E-state index in [2.05, 4.69) is 16.6 Å². The number of rotatable bonds is 5. The van der Waals surface area contributed by atoms with Crippen molar-refractivity contribution in [2.24, 2.45) is 0 Å². The van der Waals surface area contributed by atoms with Crippen molar-refractivity contribution < 1.29 is 18.3 Å². The van der Waals surface area contributed by atoms with E-state index in [4.69, 9.17) is 9.84 Å². The van der Waals surface area contributed by atoms with Crippen molar-refractivity contribution >= 4 is 15.7 Å². The number of aliphatic hydroxyl groups excluding tert-OH is 1. The van der Waals surface area contributed by atoms with E-state index in [-0.39, 0.29) is 19.0 Å². The summed E-state index contributed by atoms with van der Waals surface area (Å²) in [6, 6.07) is 5.16. The predicted molar refractivity (Wildman–Crippen MR) is 74.4 cm³/mol. The highest BCUT2D eigenvalue weighted by Gasteiger charge is 2.10. The zero-order valence-electron chi connectivity index (χ0n) is 10.9. The number of sulfonamides is 1. The van der Waals surface area contributed by atoms with Crippen LogP contribution in [0.4, 0.5) is 5.69 Å². The minimum atomic E-state index is -3.42. The Balaban J connectivity index is 2.92. The molecule has 0 aliphatic carbocycles. The molecule has 1 rings (SSSR count). The van der Waals surface area contributed by atoms with Gasteiger partial charge in [0.05, 0.1) is 12.4 Å². The number of methoxy groups -OCH3 is 1. The first kappa shape index (κ1) is 15.5. The van der Waals surface area contributed by atoms with E-state index in [9.17, 15) is 8.42 Å².